The molecule has 0 aliphatic carbocycles. The van der Waals surface area contributed by atoms with Crippen molar-refractivity contribution in [1.29, 1.82) is 0 Å². The van der Waals surface area contributed by atoms with E-state index < -0.39 is 12.9 Å². The van der Waals surface area contributed by atoms with Crippen LogP contribution in [0.2, 0.25) is 0 Å². The van der Waals surface area contributed by atoms with E-state index in [0.717, 1.165) is 28.1 Å². The van der Waals surface area contributed by atoms with Crippen LogP contribution in [0, 0.1) is 19.7 Å². The Kier molecular flexibility index (Phi) is 17.4. The summed E-state index contributed by atoms with van der Waals surface area (Å²) in [5, 5.41) is 17.9. The Bertz CT molecular complexity index is 2990. The highest BCUT2D eigenvalue weighted by Crippen LogP contribution is 2.36. The molecule has 70 heavy (non-hydrogen) atoms. The van der Waals surface area contributed by atoms with Crippen molar-refractivity contribution in [3.63, 3.8) is 0 Å². The number of carbonyl (C=O) groups is 1. The van der Waals surface area contributed by atoms with Crippen LogP contribution >= 0.6 is 15.9 Å². The highest BCUT2D eigenvalue weighted by atomic mass is 79.9. The first kappa shape index (κ1) is 52.9. The van der Waals surface area contributed by atoms with Crippen LogP contribution in [0.1, 0.15) is 68.6 Å². The van der Waals surface area contributed by atoms with Gasteiger partial charge in [-0.3, -0.25) is 9.78 Å². The molecule has 1 aliphatic rings. The quantitative estimate of drug-likeness (QED) is 0.0550. The minimum Gasteiger partial charge on any atom is -0.443 e. The van der Waals surface area contributed by atoms with Gasteiger partial charge in [-0.1, -0.05) is 28.1 Å². The predicted octanol–water partition coefficient (Wildman–Crippen LogP) is 5.36. The summed E-state index contributed by atoms with van der Waals surface area (Å²) in [6.07, 6.45) is 13.1. The third-order valence-corrected chi connectivity index (χ3v) is 11.8. The largest absolute Gasteiger partial charge is 0.496 e. The number of alkyl halides is 1. The molecule has 8 aromatic rings. The maximum Gasteiger partial charge on any atom is 0.496 e. The molecule has 1 aliphatic heterocycles. The summed E-state index contributed by atoms with van der Waals surface area (Å²) in [6.45, 7) is 13.9. The van der Waals surface area contributed by atoms with Crippen molar-refractivity contribution in [2.75, 3.05) is 25.7 Å². The summed E-state index contributed by atoms with van der Waals surface area (Å²) in [7, 11) is 1.45. The molecular weight excluding hydrogens is 967 g/mol. The highest BCUT2D eigenvalue weighted by Gasteiger charge is 2.51. The molecule has 8 aromatic heterocycles. The average molecular weight is 1020 g/mol. The van der Waals surface area contributed by atoms with Gasteiger partial charge in [0.15, 0.2) is 23.6 Å². The van der Waals surface area contributed by atoms with Crippen molar-refractivity contribution < 1.29 is 42.4 Å². The summed E-state index contributed by atoms with van der Waals surface area (Å²) < 4.78 is 44.6. The van der Waals surface area contributed by atoms with E-state index in [1.807, 2.05) is 81.7 Å². The van der Waals surface area contributed by atoms with Crippen LogP contribution in [0.25, 0.3) is 34.1 Å². The van der Waals surface area contributed by atoms with E-state index >= 15 is 0 Å². The Morgan fingerprint density at radius 1 is 0.843 bits per heavy atom. The van der Waals surface area contributed by atoms with Crippen LogP contribution in [-0.4, -0.2) is 110 Å². The number of nitrogen functional groups attached to an aromatic ring is 2. The number of hydrogen-bond acceptors (Lipinski definition) is 17. The van der Waals surface area contributed by atoms with Gasteiger partial charge in [0.25, 0.3) is 0 Å². The smallest absolute Gasteiger partial charge is 0.443 e. The number of carbonyl (C=O) groups excluding carboxylic acids is 1. The van der Waals surface area contributed by atoms with E-state index in [4.69, 9.17) is 44.7 Å². The minimum atomic E-state index is -1.42. The topological polar surface area (TPSA) is 259 Å². The second-order valence-corrected chi connectivity index (χ2v) is 18.4. The Balaban J connectivity index is 0.000000179. The predicted molar refractivity (Wildman–Crippen MR) is 268 cm³/mol. The van der Waals surface area contributed by atoms with Gasteiger partial charge < -0.3 is 53.5 Å². The number of imidazole rings is 2. The van der Waals surface area contributed by atoms with Gasteiger partial charge in [-0.15, -0.1) is 0 Å². The second-order valence-electron chi connectivity index (χ2n) is 17.0. The number of methoxy groups -OCH3 is 2. The summed E-state index contributed by atoms with van der Waals surface area (Å²) in [5.74, 6) is -0.168. The molecule has 0 amide bonds. The normalized spacial score (nSPS) is 14.1. The zero-order chi connectivity index (χ0) is 50.9. The zero-order valence-corrected chi connectivity index (χ0v) is 41.8. The first-order chi connectivity index (χ1) is 33.2. The van der Waals surface area contributed by atoms with Crippen LogP contribution in [0.15, 0.2) is 103 Å². The lowest BCUT2D eigenvalue weighted by Crippen LogP contribution is -2.41. The Morgan fingerprint density at radius 3 is 2.03 bits per heavy atom. The lowest BCUT2D eigenvalue weighted by Gasteiger charge is -2.32. The number of halogens is 2. The molecule has 0 saturated carbocycles. The molecule has 1 unspecified atom stereocenters. The molecule has 366 valence electrons. The van der Waals surface area contributed by atoms with E-state index in [1.54, 1.807) is 57.2 Å². The third kappa shape index (κ3) is 12.6. The van der Waals surface area contributed by atoms with Crippen LogP contribution in [0.4, 0.5) is 16.0 Å². The van der Waals surface area contributed by atoms with E-state index in [2.05, 4.69) is 50.8 Å². The fourth-order valence-corrected chi connectivity index (χ4v) is 7.25. The Labute approximate surface area is 413 Å². The van der Waals surface area contributed by atoms with Gasteiger partial charge in [0, 0.05) is 80.2 Å². The van der Waals surface area contributed by atoms with E-state index in [9.17, 15) is 9.18 Å². The van der Waals surface area contributed by atoms with Crippen LogP contribution in [0.3, 0.4) is 0 Å². The maximum absolute atomic E-state index is 13.9. The van der Waals surface area contributed by atoms with E-state index in [1.165, 1.54) is 30.8 Å². The van der Waals surface area contributed by atoms with Crippen LogP contribution < -0.4 is 22.4 Å². The number of anilines is 2. The molecule has 0 aromatic carbocycles. The van der Waals surface area contributed by atoms with Gasteiger partial charge in [-0.2, -0.15) is 0 Å². The van der Waals surface area contributed by atoms with Crippen molar-refractivity contribution in [2.24, 2.45) is 0 Å². The summed E-state index contributed by atoms with van der Waals surface area (Å²) in [5.41, 5.74) is 17.4. The van der Waals surface area contributed by atoms with Crippen molar-refractivity contribution in [2.45, 2.75) is 83.6 Å². The fraction of sp³-hybridized carbons (Fsp3) is 0.319. The molecule has 6 N–H and O–H groups in total. The molecule has 0 bridgehead atoms. The number of aromatic nitrogens is 9. The summed E-state index contributed by atoms with van der Waals surface area (Å²) >= 11 is 3.31. The molecular formula is C47H55B2BrFN11O8. The zero-order valence-electron chi connectivity index (χ0n) is 40.2. The van der Waals surface area contributed by atoms with Crippen molar-refractivity contribution in [3.05, 3.63) is 127 Å². The fourth-order valence-electron chi connectivity index (χ4n) is 6.82. The molecule has 1 fully saturated rings. The molecule has 1 saturated heterocycles. The molecule has 9 rings (SSSR count). The number of ether oxygens (including phenoxy) is 2. The molecule has 9 heterocycles. The molecule has 0 spiro atoms. The van der Waals surface area contributed by atoms with Gasteiger partial charge >= 0.3 is 14.2 Å². The SMILES string of the molecule is CC1(C)OB(c2ccc(N)nc2)OC1(C)C.COC(OC)C(C)Br.Cc1cnc2ccc(-c3nc(C(=O)CCc4ncccc4F)c(N)nc3-c3ncco3)cn12.Cc1cnc2ccc(B(O)O)cn12. The van der Waals surface area contributed by atoms with Crippen LogP contribution in [-0.2, 0) is 25.2 Å². The first-order valence-corrected chi connectivity index (χ1v) is 22.9. The number of nitrogens with zero attached hydrogens (tertiary/aromatic N) is 9. The second kappa shape index (κ2) is 23.0. The number of hydrogen-bond donors (Lipinski definition) is 4. The van der Waals surface area contributed by atoms with Gasteiger partial charge in [-0.05, 0) is 96.7 Å². The minimum absolute atomic E-state index is 0.000838. The summed E-state index contributed by atoms with van der Waals surface area (Å²) in [4.78, 5) is 42.8. The average Bonchev–Trinajstić information content (AvgIpc) is 4.13. The number of rotatable bonds is 11. The molecule has 19 nitrogen and oxygen atoms in total. The van der Waals surface area contributed by atoms with Gasteiger partial charge in [0.2, 0.25) is 5.89 Å². The Morgan fingerprint density at radius 2 is 1.49 bits per heavy atom. The monoisotopic (exact) mass is 1020 g/mol. The number of pyridine rings is 4. The van der Waals surface area contributed by atoms with E-state index in [0.29, 0.717) is 28.2 Å². The number of fused-ring (bicyclic) bond motifs is 2. The number of nitrogens with two attached hydrogens (primary N) is 2. The molecule has 23 heteroatoms. The first-order valence-electron chi connectivity index (χ1n) is 21.9. The van der Waals surface area contributed by atoms with Gasteiger partial charge in [-0.25, -0.2) is 34.3 Å². The molecule has 1 atom stereocenters. The van der Waals surface area contributed by atoms with Crippen LogP contribution in [0.5, 0.6) is 0 Å². The van der Waals surface area contributed by atoms with E-state index in [-0.39, 0.29) is 71.2 Å². The van der Waals surface area contributed by atoms with Crippen molar-refractivity contribution in [1.82, 2.24) is 43.7 Å². The molecule has 0 radical (unpaired) electrons. The number of Topliss-reactive ketones (excluding diaryl/α,β-unsaturated/α-hetero) is 1. The number of ketones is 1. The highest BCUT2D eigenvalue weighted by molar-refractivity contribution is 9.09. The lowest BCUT2D eigenvalue weighted by molar-refractivity contribution is -0.0977. The summed E-state index contributed by atoms with van der Waals surface area (Å²) in [6, 6.07) is 13.5. The number of oxazole rings is 1. The number of aryl methyl sites for hydroxylation is 3. The lowest BCUT2D eigenvalue weighted by atomic mass is 9.80. The van der Waals surface area contributed by atoms with Crippen molar-refractivity contribution >= 4 is 69.8 Å². The van der Waals surface area contributed by atoms with Crippen molar-refractivity contribution in [3.8, 4) is 22.8 Å². The Hall–Kier alpha value is -6.46. The maximum atomic E-state index is 13.9. The standard InChI is InChI=1S/C23H18FN7O2.C11H17BN2O2.C8H9BN2O2.C5H11BrO2/c1-13-11-28-18-7-4-14(12-31(13)18)19-21(23-27-9-10-33-23)30-22(25)20(29-19)17(32)6-5-16-15(24)3-2-8-26-16;1-10(2)11(3,4)16-12(15-10)8-5-6-9(13)14-7-8;1-6-4-10-8-3-2-7(9(12)13)5-11(6)8;1-4(6)5(7-2)8-3/h2-4,7-12H,5-6H2,1H3,(H2,25,30);5-7H,1-4H3,(H2,13,14);2-5,12-13H,1H3;4-5H,1-3H3. The van der Waals surface area contributed by atoms with Gasteiger partial charge in [0.05, 0.1) is 27.9 Å². The van der Waals surface area contributed by atoms with Gasteiger partial charge in [0.1, 0.15) is 40.6 Å². The third-order valence-electron chi connectivity index (χ3n) is 11.4.